The quantitative estimate of drug-likeness (QED) is 0.766. The van der Waals surface area contributed by atoms with Gasteiger partial charge in [-0.05, 0) is 30.7 Å². The van der Waals surface area contributed by atoms with Crippen LogP contribution in [0.2, 0.25) is 0 Å². The molecule has 0 saturated heterocycles. The van der Waals surface area contributed by atoms with Crippen molar-refractivity contribution in [1.82, 2.24) is 9.97 Å². The van der Waals surface area contributed by atoms with Gasteiger partial charge >= 0.3 is 0 Å². The summed E-state index contributed by atoms with van der Waals surface area (Å²) in [6.07, 6.45) is 0. The van der Waals surface area contributed by atoms with Gasteiger partial charge in [-0.1, -0.05) is 0 Å². The van der Waals surface area contributed by atoms with Crippen molar-refractivity contribution in [3.8, 4) is 17.3 Å². The van der Waals surface area contributed by atoms with Crippen LogP contribution in [-0.2, 0) is 0 Å². The molecule has 2 N–H and O–H groups in total. The molecular weight excluding hydrogens is 211 g/mol. The average molecular weight is 220 g/mol. The Kier molecular flexibility index (Phi) is 2.44. The Bertz CT molecular complexity index is 593. The molecule has 0 atom stereocenters. The van der Waals surface area contributed by atoms with Crippen LogP contribution in [0.4, 0.5) is 4.39 Å². The predicted molar refractivity (Wildman–Crippen MR) is 56.7 cm³/mol. The number of nitrogens with one attached hydrogen (secondary N) is 1. The lowest BCUT2D eigenvalue weighted by atomic mass is 10.1. The molecule has 0 amide bonds. The van der Waals surface area contributed by atoms with Crippen LogP contribution < -0.4 is 5.56 Å². The zero-order valence-electron chi connectivity index (χ0n) is 8.49. The van der Waals surface area contributed by atoms with Crippen LogP contribution in [0.15, 0.2) is 29.1 Å². The van der Waals surface area contributed by atoms with Gasteiger partial charge in [0.05, 0.1) is 6.07 Å². The third-order valence-corrected chi connectivity index (χ3v) is 2.17. The third-order valence-electron chi connectivity index (χ3n) is 2.17. The lowest BCUT2D eigenvalue weighted by Gasteiger charge is -2.04. The molecule has 1 aromatic heterocycles. The summed E-state index contributed by atoms with van der Waals surface area (Å²) in [5, 5.41) is 9.20. The van der Waals surface area contributed by atoms with E-state index in [4.69, 9.17) is 0 Å². The highest BCUT2D eigenvalue weighted by molar-refractivity contribution is 5.59. The van der Waals surface area contributed by atoms with Crippen LogP contribution in [0.25, 0.3) is 11.4 Å². The average Bonchev–Trinajstić information content (AvgIpc) is 2.15. The minimum atomic E-state index is -0.453. The summed E-state index contributed by atoms with van der Waals surface area (Å²) in [6, 6.07) is 5.08. The summed E-state index contributed by atoms with van der Waals surface area (Å²) in [6.45, 7) is 1.70. The van der Waals surface area contributed by atoms with Gasteiger partial charge in [0.15, 0.2) is 0 Å². The van der Waals surface area contributed by atoms with Gasteiger partial charge in [0.1, 0.15) is 11.6 Å². The van der Waals surface area contributed by atoms with Crippen LogP contribution in [0.3, 0.4) is 0 Å². The highest BCUT2D eigenvalue weighted by Gasteiger charge is 2.06. The molecule has 0 spiro atoms. The molecule has 82 valence electrons. The molecule has 16 heavy (non-hydrogen) atoms. The Morgan fingerprint density at radius 2 is 2.12 bits per heavy atom. The number of H-pyrrole nitrogens is 1. The van der Waals surface area contributed by atoms with Crippen LogP contribution >= 0.6 is 0 Å². The molecule has 0 aliphatic rings. The van der Waals surface area contributed by atoms with Crippen molar-refractivity contribution < 1.29 is 9.50 Å². The Morgan fingerprint density at radius 3 is 2.75 bits per heavy atom. The number of rotatable bonds is 1. The second-order valence-corrected chi connectivity index (χ2v) is 3.41. The first-order valence-corrected chi connectivity index (χ1v) is 4.63. The molecule has 1 aromatic carbocycles. The number of aryl methyl sites for hydroxylation is 1. The monoisotopic (exact) mass is 220 g/mol. The first kappa shape index (κ1) is 10.4. The predicted octanol–water partition coefficient (Wildman–Crippen LogP) is 1.59. The summed E-state index contributed by atoms with van der Waals surface area (Å²) in [5.41, 5.74) is 0.759. The van der Waals surface area contributed by atoms with E-state index >= 15 is 0 Å². The van der Waals surface area contributed by atoms with Gasteiger partial charge in [-0.15, -0.1) is 0 Å². The molecule has 4 nitrogen and oxygen atoms in total. The fraction of sp³-hybridized carbons (Fsp3) is 0.0909. The molecule has 2 rings (SSSR count). The van der Waals surface area contributed by atoms with Crippen molar-refractivity contribution in [1.29, 1.82) is 0 Å². The number of aromatic hydroxyl groups is 1. The topological polar surface area (TPSA) is 66.0 Å². The van der Waals surface area contributed by atoms with Crippen LogP contribution in [0.5, 0.6) is 5.88 Å². The Morgan fingerprint density at radius 1 is 1.38 bits per heavy atom. The van der Waals surface area contributed by atoms with Crippen molar-refractivity contribution in [2.24, 2.45) is 0 Å². The van der Waals surface area contributed by atoms with Crippen LogP contribution in [-0.4, -0.2) is 15.1 Å². The molecule has 0 fully saturated rings. The standard InChI is InChI=1S/C11H9FN2O2/c1-6-4-7(12)2-3-8(6)11-13-9(15)5-10(16)14-11/h2-5H,1H3,(H2,13,14,15,16). The van der Waals surface area contributed by atoms with Gasteiger partial charge in [-0.25, -0.2) is 4.39 Å². The minimum Gasteiger partial charge on any atom is -0.493 e. The Hall–Kier alpha value is -2.17. The normalized spacial score (nSPS) is 10.4. The molecule has 0 saturated carbocycles. The van der Waals surface area contributed by atoms with E-state index in [9.17, 15) is 14.3 Å². The van der Waals surface area contributed by atoms with Gasteiger partial charge < -0.3 is 10.1 Å². The van der Waals surface area contributed by atoms with Crippen molar-refractivity contribution in [3.05, 3.63) is 46.0 Å². The number of halogens is 1. The Labute approximate surface area is 90.4 Å². The number of hydrogen-bond donors (Lipinski definition) is 2. The minimum absolute atomic E-state index is 0.225. The fourth-order valence-corrected chi connectivity index (χ4v) is 1.47. The van der Waals surface area contributed by atoms with E-state index in [0.717, 1.165) is 6.07 Å². The van der Waals surface area contributed by atoms with Crippen molar-refractivity contribution in [2.75, 3.05) is 0 Å². The molecule has 0 unspecified atom stereocenters. The van der Waals surface area contributed by atoms with E-state index in [2.05, 4.69) is 9.97 Å². The number of nitrogens with zero attached hydrogens (tertiary/aromatic N) is 1. The number of hydrogen-bond acceptors (Lipinski definition) is 3. The van der Waals surface area contributed by atoms with E-state index in [-0.39, 0.29) is 17.5 Å². The molecular formula is C11H9FN2O2. The molecule has 0 radical (unpaired) electrons. The summed E-state index contributed by atoms with van der Waals surface area (Å²) in [4.78, 5) is 17.4. The van der Waals surface area contributed by atoms with Crippen LogP contribution in [0, 0.1) is 12.7 Å². The first-order valence-electron chi connectivity index (χ1n) is 4.63. The molecule has 5 heteroatoms. The molecule has 1 heterocycles. The largest absolute Gasteiger partial charge is 0.493 e. The smallest absolute Gasteiger partial charge is 0.254 e. The van der Waals surface area contributed by atoms with Gasteiger partial charge in [-0.2, -0.15) is 4.98 Å². The summed E-state index contributed by atoms with van der Waals surface area (Å²) >= 11 is 0. The number of aromatic nitrogens is 2. The van der Waals surface area contributed by atoms with Gasteiger partial charge in [0.2, 0.25) is 5.88 Å². The lowest BCUT2D eigenvalue weighted by molar-refractivity contribution is 0.452. The lowest BCUT2D eigenvalue weighted by Crippen LogP contribution is -2.07. The van der Waals surface area contributed by atoms with E-state index < -0.39 is 5.56 Å². The number of benzene rings is 1. The van der Waals surface area contributed by atoms with Crippen molar-refractivity contribution >= 4 is 0 Å². The summed E-state index contributed by atoms with van der Waals surface area (Å²) in [7, 11) is 0. The maximum absolute atomic E-state index is 12.9. The van der Waals surface area contributed by atoms with Crippen LogP contribution in [0.1, 0.15) is 5.56 Å². The zero-order chi connectivity index (χ0) is 11.7. The molecule has 0 aliphatic carbocycles. The first-order chi connectivity index (χ1) is 7.56. The van der Waals surface area contributed by atoms with Gasteiger partial charge in [0, 0.05) is 5.56 Å². The maximum Gasteiger partial charge on any atom is 0.254 e. The zero-order valence-corrected chi connectivity index (χ0v) is 8.49. The van der Waals surface area contributed by atoms with Crippen molar-refractivity contribution in [3.63, 3.8) is 0 Å². The van der Waals surface area contributed by atoms with Crippen molar-refractivity contribution in [2.45, 2.75) is 6.92 Å². The summed E-state index contributed by atoms with van der Waals surface area (Å²) in [5.74, 6) is -0.492. The second-order valence-electron chi connectivity index (χ2n) is 3.41. The highest BCUT2D eigenvalue weighted by Crippen LogP contribution is 2.20. The third kappa shape index (κ3) is 1.93. The highest BCUT2D eigenvalue weighted by atomic mass is 19.1. The van der Waals surface area contributed by atoms with E-state index in [0.29, 0.717) is 11.1 Å². The second kappa shape index (κ2) is 3.77. The number of aromatic amines is 1. The van der Waals surface area contributed by atoms with E-state index in [1.165, 1.54) is 18.2 Å². The maximum atomic E-state index is 12.9. The van der Waals surface area contributed by atoms with Gasteiger partial charge in [-0.3, -0.25) is 4.79 Å². The molecule has 2 aromatic rings. The molecule has 0 bridgehead atoms. The van der Waals surface area contributed by atoms with E-state index in [1.807, 2.05) is 0 Å². The van der Waals surface area contributed by atoms with Gasteiger partial charge in [0.25, 0.3) is 5.56 Å². The fourth-order valence-electron chi connectivity index (χ4n) is 1.47. The SMILES string of the molecule is Cc1cc(F)ccc1-c1nc(O)cc(=O)[nH]1. The molecule has 0 aliphatic heterocycles. The summed E-state index contributed by atoms with van der Waals surface area (Å²) < 4.78 is 12.9. The Balaban J connectivity index is 2.63. The van der Waals surface area contributed by atoms with E-state index in [1.54, 1.807) is 6.92 Å².